The monoisotopic (exact) mass is 271 g/mol. The van der Waals surface area contributed by atoms with Gasteiger partial charge in [0.25, 0.3) is 0 Å². The van der Waals surface area contributed by atoms with E-state index in [0.717, 1.165) is 16.9 Å². The number of hydrogen-bond donors (Lipinski definition) is 1. The van der Waals surface area contributed by atoms with Crippen LogP contribution in [0.4, 0.5) is 0 Å². The van der Waals surface area contributed by atoms with Crippen LogP contribution in [0.3, 0.4) is 0 Å². The molecule has 17 heavy (non-hydrogen) atoms. The van der Waals surface area contributed by atoms with Crippen LogP contribution >= 0.6 is 23.5 Å². The number of furan rings is 1. The normalized spacial score (nSPS) is 31.4. The maximum absolute atomic E-state index is 5.15. The summed E-state index contributed by atoms with van der Waals surface area (Å²) in [6.07, 6.45) is 4.68. The van der Waals surface area contributed by atoms with Gasteiger partial charge in [-0.3, -0.25) is 0 Å². The molecule has 1 aliphatic rings. The lowest BCUT2D eigenvalue weighted by Gasteiger charge is -2.35. The van der Waals surface area contributed by atoms with Gasteiger partial charge in [-0.05, 0) is 25.1 Å². The Kier molecular flexibility index (Phi) is 4.88. The van der Waals surface area contributed by atoms with Crippen molar-refractivity contribution in [3.8, 4) is 0 Å². The molecule has 2 heterocycles. The zero-order valence-electron chi connectivity index (χ0n) is 10.7. The van der Waals surface area contributed by atoms with Crippen molar-refractivity contribution >= 4 is 23.5 Å². The van der Waals surface area contributed by atoms with Crippen LogP contribution in [0.2, 0.25) is 0 Å². The summed E-state index contributed by atoms with van der Waals surface area (Å²) in [5.41, 5.74) is 1.29. The Bertz CT molecular complexity index is 328. The molecule has 0 aromatic carbocycles. The molecule has 0 spiro atoms. The molecule has 4 atom stereocenters. The van der Waals surface area contributed by atoms with E-state index >= 15 is 0 Å². The van der Waals surface area contributed by atoms with Gasteiger partial charge in [-0.2, -0.15) is 23.5 Å². The number of nitrogens with one attached hydrogen (secondary N) is 1. The van der Waals surface area contributed by atoms with E-state index in [9.17, 15) is 0 Å². The lowest BCUT2D eigenvalue weighted by atomic mass is 10.1. The van der Waals surface area contributed by atoms with Crippen LogP contribution in [0.15, 0.2) is 23.0 Å². The Morgan fingerprint density at radius 3 is 2.88 bits per heavy atom. The van der Waals surface area contributed by atoms with Crippen molar-refractivity contribution in [1.29, 1.82) is 0 Å². The topological polar surface area (TPSA) is 25.2 Å². The van der Waals surface area contributed by atoms with E-state index in [1.54, 1.807) is 6.26 Å². The smallest absolute Gasteiger partial charge is 0.0935 e. The van der Waals surface area contributed by atoms with Crippen molar-refractivity contribution in [2.24, 2.45) is 0 Å². The fraction of sp³-hybridized carbons (Fsp3) is 0.692. The van der Waals surface area contributed by atoms with E-state index in [-0.39, 0.29) is 0 Å². The Labute approximate surface area is 112 Å². The highest BCUT2D eigenvalue weighted by Crippen LogP contribution is 2.37. The minimum absolute atomic E-state index is 0.542. The quantitative estimate of drug-likeness (QED) is 0.910. The van der Waals surface area contributed by atoms with Gasteiger partial charge in [0.05, 0.1) is 12.5 Å². The van der Waals surface area contributed by atoms with Crippen LogP contribution in [0, 0.1) is 0 Å². The van der Waals surface area contributed by atoms with E-state index < -0.39 is 0 Å². The second kappa shape index (κ2) is 6.21. The van der Waals surface area contributed by atoms with Crippen LogP contribution < -0.4 is 5.32 Å². The van der Waals surface area contributed by atoms with Crippen molar-refractivity contribution in [3.05, 3.63) is 24.2 Å². The van der Waals surface area contributed by atoms with Crippen LogP contribution in [-0.2, 0) is 6.42 Å². The van der Waals surface area contributed by atoms with E-state index in [4.69, 9.17) is 4.42 Å². The Hall–Kier alpha value is -0.0600. The Morgan fingerprint density at radius 2 is 2.29 bits per heavy atom. The number of rotatable bonds is 4. The molecule has 2 rings (SSSR count). The third-order valence-electron chi connectivity index (χ3n) is 3.43. The first kappa shape index (κ1) is 13.4. The summed E-state index contributed by atoms with van der Waals surface area (Å²) in [6.45, 7) is 4.68. The second-order valence-corrected chi connectivity index (χ2v) is 7.68. The number of thioether (sulfide) groups is 2. The zero-order chi connectivity index (χ0) is 12.3. The highest BCUT2D eigenvalue weighted by molar-refractivity contribution is 8.07. The SMILES string of the molecule is CNC(Cc1ccoc1)C1CSC(C)C(C)S1. The standard InChI is InChI=1S/C13H21NOS2/c1-9-10(2)17-13(8-16-9)12(14-3)6-11-4-5-15-7-11/h4-5,7,9-10,12-14H,6,8H2,1-3H3. The molecule has 0 amide bonds. The predicted molar refractivity (Wildman–Crippen MR) is 78.0 cm³/mol. The molecule has 0 aliphatic carbocycles. The average molecular weight is 271 g/mol. The van der Waals surface area contributed by atoms with Crippen LogP contribution in [0.25, 0.3) is 0 Å². The minimum Gasteiger partial charge on any atom is -0.472 e. The molecule has 1 aromatic rings. The fourth-order valence-corrected chi connectivity index (χ4v) is 5.27. The summed E-state index contributed by atoms with van der Waals surface area (Å²) < 4.78 is 5.15. The van der Waals surface area contributed by atoms with Crippen molar-refractivity contribution in [3.63, 3.8) is 0 Å². The molecule has 1 aliphatic heterocycles. The van der Waals surface area contributed by atoms with Gasteiger partial charge in [-0.25, -0.2) is 0 Å². The van der Waals surface area contributed by atoms with Gasteiger partial charge >= 0.3 is 0 Å². The fourth-order valence-electron chi connectivity index (χ4n) is 2.10. The van der Waals surface area contributed by atoms with Gasteiger partial charge in [-0.1, -0.05) is 13.8 Å². The molecular weight excluding hydrogens is 250 g/mol. The van der Waals surface area contributed by atoms with Crippen LogP contribution in [-0.4, -0.2) is 34.6 Å². The Morgan fingerprint density at radius 1 is 1.47 bits per heavy atom. The molecule has 4 unspecified atom stereocenters. The van der Waals surface area contributed by atoms with Gasteiger partial charge < -0.3 is 9.73 Å². The van der Waals surface area contributed by atoms with Gasteiger partial charge in [-0.15, -0.1) is 0 Å². The van der Waals surface area contributed by atoms with Gasteiger partial charge in [0.1, 0.15) is 0 Å². The molecule has 0 saturated carbocycles. The van der Waals surface area contributed by atoms with Crippen LogP contribution in [0.1, 0.15) is 19.4 Å². The van der Waals surface area contributed by atoms with Gasteiger partial charge in [0, 0.05) is 27.5 Å². The summed E-state index contributed by atoms with van der Waals surface area (Å²) in [5, 5.41) is 5.70. The first-order valence-electron chi connectivity index (χ1n) is 6.16. The highest BCUT2D eigenvalue weighted by atomic mass is 32.2. The summed E-state index contributed by atoms with van der Waals surface area (Å²) >= 11 is 4.24. The largest absolute Gasteiger partial charge is 0.472 e. The van der Waals surface area contributed by atoms with Crippen LogP contribution in [0.5, 0.6) is 0 Å². The first-order chi connectivity index (χ1) is 8.20. The van der Waals surface area contributed by atoms with Crippen molar-refractivity contribution in [2.75, 3.05) is 12.8 Å². The average Bonchev–Trinajstić information content (AvgIpc) is 2.82. The summed E-state index contributed by atoms with van der Waals surface area (Å²) in [5.74, 6) is 1.25. The molecule has 1 saturated heterocycles. The van der Waals surface area contributed by atoms with Crippen molar-refractivity contribution in [2.45, 2.75) is 42.1 Å². The maximum atomic E-state index is 5.15. The van der Waals surface area contributed by atoms with Crippen molar-refractivity contribution < 1.29 is 4.42 Å². The summed E-state index contributed by atoms with van der Waals surface area (Å²) in [6, 6.07) is 2.61. The molecule has 1 fully saturated rings. The predicted octanol–water partition coefficient (Wildman–Crippen LogP) is 3.04. The first-order valence-corrected chi connectivity index (χ1v) is 8.15. The highest BCUT2D eigenvalue weighted by Gasteiger charge is 2.30. The molecule has 0 radical (unpaired) electrons. The summed E-state index contributed by atoms with van der Waals surface area (Å²) in [4.78, 5) is 0. The molecule has 4 heteroatoms. The van der Waals surface area contributed by atoms with E-state index in [0.29, 0.717) is 11.3 Å². The number of hydrogen-bond acceptors (Lipinski definition) is 4. The third-order valence-corrected chi connectivity index (χ3v) is 6.98. The molecular formula is C13H21NOS2. The van der Waals surface area contributed by atoms with E-state index in [1.807, 2.05) is 6.26 Å². The second-order valence-electron chi connectivity index (χ2n) is 4.65. The van der Waals surface area contributed by atoms with Gasteiger partial charge in [0.15, 0.2) is 0 Å². The lowest BCUT2D eigenvalue weighted by Crippen LogP contribution is -2.43. The molecule has 1 aromatic heterocycles. The Balaban J connectivity index is 1.94. The maximum Gasteiger partial charge on any atom is 0.0935 e. The lowest BCUT2D eigenvalue weighted by molar-refractivity contribution is 0.537. The molecule has 1 N–H and O–H groups in total. The van der Waals surface area contributed by atoms with E-state index in [2.05, 4.69) is 55.8 Å². The zero-order valence-corrected chi connectivity index (χ0v) is 12.3. The third kappa shape index (κ3) is 3.46. The number of likely N-dealkylation sites (N-methyl/N-ethyl adjacent to an activating group) is 1. The minimum atomic E-state index is 0.542. The molecule has 0 bridgehead atoms. The molecule has 96 valence electrons. The van der Waals surface area contributed by atoms with Gasteiger partial charge in [0.2, 0.25) is 0 Å². The molecule has 2 nitrogen and oxygen atoms in total. The van der Waals surface area contributed by atoms with Crippen molar-refractivity contribution in [1.82, 2.24) is 5.32 Å². The summed E-state index contributed by atoms with van der Waals surface area (Å²) in [7, 11) is 2.07. The van der Waals surface area contributed by atoms with E-state index in [1.165, 1.54) is 11.3 Å².